The van der Waals surface area contributed by atoms with E-state index in [-0.39, 0.29) is 5.69 Å². The molecule has 31 heavy (non-hydrogen) atoms. The maximum absolute atomic E-state index is 11.7. The van der Waals surface area contributed by atoms with Gasteiger partial charge in [0.15, 0.2) is 0 Å². The number of rotatable bonds is 7. The van der Waals surface area contributed by atoms with Crippen molar-refractivity contribution in [3.63, 3.8) is 0 Å². The van der Waals surface area contributed by atoms with Crippen LogP contribution in [-0.2, 0) is 6.54 Å². The van der Waals surface area contributed by atoms with Crippen LogP contribution in [0.5, 0.6) is 5.75 Å². The lowest BCUT2D eigenvalue weighted by atomic mass is 10.2. The summed E-state index contributed by atoms with van der Waals surface area (Å²) in [6, 6.07) is 12.6. The molecule has 0 saturated heterocycles. The number of carboxylic acid groups (broad SMARTS) is 1. The Labute approximate surface area is 195 Å². The lowest BCUT2D eigenvalue weighted by molar-refractivity contribution is 0.0686. The van der Waals surface area contributed by atoms with Gasteiger partial charge in [-0.3, -0.25) is 0 Å². The summed E-state index contributed by atoms with van der Waals surface area (Å²) < 4.78 is 6.72. The molecule has 2 aromatic carbocycles. The zero-order chi connectivity index (χ0) is 22.0. The van der Waals surface area contributed by atoms with Crippen molar-refractivity contribution < 1.29 is 14.6 Å². The molecule has 2 aromatic heterocycles. The van der Waals surface area contributed by atoms with E-state index >= 15 is 0 Å². The monoisotopic (exact) mass is 492 g/mol. The first-order valence-electron chi connectivity index (χ1n) is 8.83. The summed E-state index contributed by atoms with van der Waals surface area (Å²) in [6.07, 6.45) is 0. The molecule has 0 amide bonds. The summed E-state index contributed by atoms with van der Waals surface area (Å²) in [5.74, 6) is -0.418. The number of hydrogen-bond acceptors (Lipinski definition) is 7. The summed E-state index contributed by atoms with van der Waals surface area (Å²) in [7, 11) is 1.60. The van der Waals surface area contributed by atoms with Crippen LogP contribution in [0.25, 0.3) is 10.6 Å². The number of methoxy groups -OCH3 is 1. The van der Waals surface area contributed by atoms with E-state index in [2.05, 4.69) is 15.3 Å². The van der Waals surface area contributed by atoms with E-state index in [1.807, 2.05) is 29.6 Å². The summed E-state index contributed by atoms with van der Waals surface area (Å²) in [6.45, 7) is 0.354. The van der Waals surface area contributed by atoms with Crippen molar-refractivity contribution in [2.45, 2.75) is 16.6 Å². The average Bonchev–Trinajstić information content (AvgIpc) is 3.36. The number of ether oxygens (including phenoxy) is 1. The number of hydrogen-bond donors (Lipinski definition) is 1. The van der Waals surface area contributed by atoms with Crippen LogP contribution in [0.1, 0.15) is 16.1 Å². The smallest absolute Gasteiger partial charge is 0.359 e. The second kappa shape index (κ2) is 9.27. The van der Waals surface area contributed by atoms with Crippen LogP contribution in [0.3, 0.4) is 0 Å². The second-order valence-corrected chi connectivity index (χ2v) is 8.98. The minimum atomic E-state index is -1.15. The van der Waals surface area contributed by atoms with E-state index in [0.717, 1.165) is 16.9 Å². The molecule has 11 heteroatoms. The van der Waals surface area contributed by atoms with Crippen molar-refractivity contribution in [2.75, 3.05) is 7.11 Å². The molecule has 4 aromatic rings. The van der Waals surface area contributed by atoms with Gasteiger partial charge in [0.25, 0.3) is 0 Å². The van der Waals surface area contributed by atoms with Crippen molar-refractivity contribution in [2.24, 2.45) is 0 Å². The van der Waals surface area contributed by atoms with Gasteiger partial charge in [0.1, 0.15) is 20.8 Å². The third-order valence-electron chi connectivity index (χ3n) is 4.23. The number of benzene rings is 2. The molecule has 7 nitrogen and oxygen atoms in total. The zero-order valence-electron chi connectivity index (χ0n) is 16.0. The number of nitrogens with zero attached hydrogens (tertiary/aromatic N) is 4. The van der Waals surface area contributed by atoms with Crippen LogP contribution >= 0.6 is 46.3 Å². The van der Waals surface area contributed by atoms with E-state index in [0.29, 0.717) is 31.6 Å². The SMILES string of the molecule is COc1ccc(Cn2nnc(C(=O)O)c2Sc2csc(-c3ccc(Cl)cc3Cl)n2)cc1. The van der Waals surface area contributed by atoms with Gasteiger partial charge in [-0.05, 0) is 47.7 Å². The first-order valence-corrected chi connectivity index (χ1v) is 11.3. The molecule has 0 atom stereocenters. The highest BCUT2D eigenvalue weighted by Crippen LogP contribution is 2.37. The maximum Gasteiger partial charge on any atom is 0.359 e. The molecule has 1 N–H and O–H groups in total. The first kappa shape index (κ1) is 21.6. The summed E-state index contributed by atoms with van der Waals surface area (Å²) in [4.78, 5) is 16.3. The fourth-order valence-corrected chi connectivity index (χ4v) is 5.17. The van der Waals surface area contributed by atoms with E-state index in [4.69, 9.17) is 27.9 Å². The highest BCUT2D eigenvalue weighted by atomic mass is 35.5. The van der Waals surface area contributed by atoms with Gasteiger partial charge in [0, 0.05) is 16.0 Å². The Hall–Kier alpha value is -2.59. The molecular weight excluding hydrogens is 479 g/mol. The molecule has 0 aliphatic carbocycles. The van der Waals surface area contributed by atoms with Gasteiger partial charge in [0.2, 0.25) is 5.69 Å². The van der Waals surface area contributed by atoms with Crippen molar-refractivity contribution in [1.29, 1.82) is 0 Å². The van der Waals surface area contributed by atoms with E-state index < -0.39 is 5.97 Å². The summed E-state index contributed by atoms with van der Waals surface area (Å²) in [5, 5.41) is 22.0. The lowest BCUT2D eigenvalue weighted by Gasteiger charge is -2.07. The Kier molecular flexibility index (Phi) is 6.47. The fraction of sp³-hybridized carbons (Fsp3) is 0.100. The van der Waals surface area contributed by atoms with E-state index in [9.17, 15) is 9.90 Å². The topological polar surface area (TPSA) is 90.1 Å². The molecule has 0 bridgehead atoms. The van der Waals surface area contributed by atoms with Gasteiger partial charge in [0.05, 0.1) is 18.7 Å². The van der Waals surface area contributed by atoms with Gasteiger partial charge in [-0.2, -0.15) is 0 Å². The molecule has 0 aliphatic rings. The predicted octanol–water partition coefficient (Wildman–Crippen LogP) is 5.61. The first-order chi connectivity index (χ1) is 14.9. The van der Waals surface area contributed by atoms with Gasteiger partial charge in [-0.1, -0.05) is 40.5 Å². The Bertz CT molecular complexity index is 1240. The Morgan fingerprint density at radius 2 is 2.00 bits per heavy atom. The predicted molar refractivity (Wildman–Crippen MR) is 121 cm³/mol. The molecule has 0 radical (unpaired) electrons. The van der Waals surface area contributed by atoms with Gasteiger partial charge in [-0.25, -0.2) is 14.5 Å². The Morgan fingerprint density at radius 1 is 1.23 bits per heavy atom. The van der Waals surface area contributed by atoms with Crippen LogP contribution in [0.2, 0.25) is 10.0 Å². The molecule has 0 saturated carbocycles. The average molecular weight is 493 g/mol. The number of halogens is 2. The quantitative estimate of drug-likeness (QED) is 0.358. The van der Waals surface area contributed by atoms with Gasteiger partial charge >= 0.3 is 5.97 Å². The molecule has 2 heterocycles. The Morgan fingerprint density at radius 3 is 2.68 bits per heavy atom. The van der Waals surface area contributed by atoms with Gasteiger partial charge in [-0.15, -0.1) is 16.4 Å². The Balaban J connectivity index is 1.62. The second-order valence-electron chi connectivity index (χ2n) is 6.27. The van der Waals surface area contributed by atoms with Crippen molar-refractivity contribution in [3.8, 4) is 16.3 Å². The maximum atomic E-state index is 11.7. The fourth-order valence-electron chi connectivity index (χ4n) is 2.74. The van der Waals surface area contributed by atoms with Crippen molar-refractivity contribution in [3.05, 3.63) is 69.1 Å². The van der Waals surface area contributed by atoms with Crippen molar-refractivity contribution >= 4 is 52.3 Å². The normalized spacial score (nSPS) is 10.9. The van der Waals surface area contributed by atoms with Crippen LogP contribution in [0.4, 0.5) is 0 Å². The number of aromatic carboxylic acids is 1. The summed E-state index contributed by atoms with van der Waals surface area (Å²) in [5.41, 5.74) is 1.56. The molecule has 0 spiro atoms. The number of aromatic nitrogens is 4. The largest absolute Gasteiger partial charge is 0.497 e. The molecule has 4 rings (SSSR count). The summed E-state index contributed by atoms with van der Waals surface area (Å²) >= 11 is 14.8. The molecule has 158 valence electrons. The third-order valence-corrected chi connectivity index (χ3v) is 6.82. The van der Waals surface area contributed by atoms with Crippen molar-refractivity contribution in [1.82, 2.24) is 20.0 Å². The van der Waals surface area contributed by atoms with E-state index in [1.165, 1.54) is 23.1 Å². The highest BCUT2D eigenvalue weighted by Gasteiger charge is 2.22. The van der Waals surface area contributed by atoms with Gasteiger partial charge < -0.3 is 9.84 Å². The van der Waals surface area contributed by atoms with Crippen LogP contribution in [0, 0.1) is 0 Å². The van der Waals surface area contributed by atoms with Crippen LogP contribution in [-0.4, -0.2) is 38.2 Å². The van der Waals surface area contributed by atoms with Crippen LogP contribution < -0.4 is 4.74 Å². The third kappa shape index (κ3) is 4.85. The number of thiazole rings is 1. The number of carboxylic acids is 1. The minimum absolute atomic E-state index is 0.127. The van der Waals surface area contributed by atoms with Crippen LogP contribution in [0.15, 0.2) is 57.9 Å². The molecule has 0 unspecified atom stereocenters. The van der Waals surface area contributed by atoms with E-state index in [1.54, 1.807) is 30.0 Å². The minimum Gasteiger partial charge on any atom is -0.497 e. The molecule has 0 fully saturated rings. The number of carbonyl (C=O) groups is 1. The molecular formula is C20H14Cl2N4O3S2. The zero-order valence-corrected chi connectivity index (χ0v) is 19.1. The molecule has 0 aliphatic heterocycles. The lowest BCUT2D eigenvalue weighted by Crippen LogP contribution is -2.05. The highest BCUT2D eigenvalue weighted by molar-refractivity contribution is 7.99. The standard InChI is InChI=1S/C20H14Cl2N4O3S2/c1-29-13-5-2-11(3-6-13)9-26-19(17(20(27)28)24-25-26)31-16-10-30-18(23-16)14-7-4-12(21)8-15(14)22/h2-8,10H,9H2,1H3,(H,27,28).